The van der Waals surface area contributed by atoms with E-state index < -0.39 is 0 Å². The first kappa shape index (κ1) is 12.4. The minimum Gasteiger partial charge on any atom is -0.371 e. The van der Waals surface area contributed by atoms with Gasteiger partial charge in [0.2, 0.25) is 0 Å². The zero-order valence-corrected chi connectivity index (χ0v) is 10.8. The minimum absolute atomic E-state index is 0.135. The van der Waals surface area contributed by atoms with Crippen LogP contribution in [0.1, 0.15) is 38.8 Å². The Morgan fingerprint density at radius 3 is 2.65 bits per heavy atom. The molecule has 0 aromatic heterocycles. The van der Waals surface area contributed by atoms with E-state index in [1.807, 2.05) is 13.0 Å². The molecule has 0 bridgehead atoms. The lowest BCUT2D eigenvalue weighted by atomic mass is 9.93. The molecule has 0 spiro atoms. The van der Waals surface area contributed by atoms with Crippen molar-refractivity contribution in [3.05, 3.63) is 29.6 Å². The maximum Gasteiger partial charge on any atom is 0.123 e. The van der Waals surface area contributed by atoms with Crippen molar-refractivity contribution in [1.82, 2.24) is 0 Å². The molecular weight excluding hydrogens is 215 g/mol. The number of halogens is 1. The van der Waals surface area contributed by atoms with E-state index >= 15 is 0 Å². The van der Waals surface area contributed by atoms with Crippen LogP contribution in [0.15, 0.2) is 18.2 Å². The van der Waals surface area contributed by atoms with Gasteiger partial charge in [-0.05, 0) is 42.5 Å². The number of nitrogens with zero attached hydrogens (tertiary/aromatic N) is 1. The van der Waals surface area contributed by atoms with Crippen molar-refractivity contribution in [2.75, 3.05) is 18.0 Å². The fourth-order valence-electron chi connectivity index (χ4n) is 2.50. The van der Waals surface area contributed by atoms with Crippen molar-refractivity contribution in [1.29, 1.82) is 0 Å². The molecule has 1 aliphatic rings. The van der Waals surface area contributed by atoms with Crippen LogP contribution in [0.3, 0.4) is 0 Å². The first-order valence-corrected chi connectivity index (χ1v) is 6.19. The summed E-state index contributed by atoms with van der Waals surface area (Å²) in [7, 11) is 0. The Morgan fingerprint density at radius 1 is 1.41 bits per heavy atom. The molecule has 1 aliphatic heterocycles. The Labute approximate surface area is 103 Å². The summed E-state index contributed by atoms with van der Waals surface area (Å²) in [5.41, 5.74) is 8.26. The van der Waals surface area contributed by atoms with E-state index in [1.54, 1.807) is 6.07 Å². The second kappa shape index (κ2) is 4.30. The van der Waals surface area contributed by atoms with Gasteiger partial charge < -0.3 is 10.6 Å². The Hall–Kier alpha value is -1.09. The number of anilines is 1. The first-order chi connectivity index (χ1) is 7.89. The van der Waals surface area contributed by atoms with Crippen LogP contribution in [0, 0.1) is 11.2 Å². The lowest BCUT2D eigenvalue weighted by Crippen LogP contribution is -2.25. The molecule has 0 amide bonds. The van der Waals surface area contributed by atoms with Crippen LogP contribution in [-0.4, -0.2) is 13.1 Å². The SMILES string of the molecule is CC(N)c1cc(F)ccc1N1CCC(C)(C)C1. The smallest absolute Gasteiger partial charge is 0.123 e. The van der Waals surface area contributed by atoms with Gasteiger partial charge in [0.05, 0.1) is 0 Å². The molecule has 2 rings (SSSR count). The van der Waals surface area contributed by atoms with E-state index in [-0.39, 0.29) is 11.9 Å². The molecule has 1 saturated heterocycles. The van der Waals surface area contributed by atoms with Gasteiger partial charge in [-0.25, -0.2) is 4.39 Å². The molecular formula is C14H21FN2. The van der Waals surface area contributed by atoms with Crippen LogP contribution in [0.25, 0.3) is 0 Å². The molecule has 0 radical (unpaired) electrons. The molecule has 0 saturated carbocycles. The van der Waals surface area contributed by atoms with Gasteiger partial charge in [-0.15, -0.1) is 0 Å². The highest BCUT2D eigenvalue weighted by Crippen LogP contribution is 2.35. The van der Waals surface area contributed by atoms with Gasteiger partial charge in [0.15, 0.2) is 0 Å². The predicted octanol–water partition coefficient (Wildman–Crippen LogP) is 3.08. The Kier molecular flexibility index (Phi) is 3.13. The number of nitrogens with two attached hydrogens (primary N) is 1. The summed E-state index contributed by atoms with van der Waals surface area (Å²) >= 11 is 0. The monoisotopic (exact) mass is 236 g/mol. The fourth-order valence-corrected chi connectivity index (χ4v) is 2.50. The molecule has 0 aliphatic carbocycles. The van der Waals surface area contributed by atoms with E-state index in [9.17, 15) is 4.39 Å². The van der Waals surface area contributed by atoms with Crippen LogP contribution < -0.4 is 10.6 Å². The zero-order chi connectivity index (χ0) is 12.6. The number of rotatable bonds is 2. The normalized spacial score (nSPS) is 20.6. The zero-order valence-electron chi connectivity index (χ0n) is 10.8. The molecule has 1 unspecified atom stereocenters. The molecule has 1 atom stereocenters. The van der Waals surface area contributed by atoms with Gasteiger partial charge >= 0.3 is 0 Å². The molecule has 17 heavy (non-hydrogen) atoms. The highest BCUT2D eigenvalue weighted by Gasteiger charge is 2.30. The third-order valence-corrected chi connectivity index (χ3v) is 3.50. The largest absolute Gasteiger partial charge is 0.371 e. The molecule has 3 heteroatoms. The van der Waals surface area contributed by atoms with E-state index in [0.717, 1.165) is 24.3 Å². The van der Waals surface area contributed by atoms with Gasteiger partial charge in [0, 0.05) is 24.8 Å². The molecule has 94 valence electrons. The third-order valence-electron chi connectivity index (χ3n) is 3.50. The highest BCUT2D eigenvalue weighted by atomic mass is 19.1. The van der Waals surface area contributed by atoms with Crippen molar-refractivity contribution in [3.8, 4) is 0 Å². The molecule has 1 aromatic carbocycles. The molecule has 2 nitrogen and oxygen atoms in total. The third kappa shape index (κ3) is 2.60. The van der Waals surface area contributed by atoms with Crippen LogP contribution in [-0.2, 0) is 0 Å². The summed E-state index contributed by atoms with van der Waals surface area (Å²) in [4.78, 5) is 2.32. The maximum absolute atomic E-state index is 13.3. The lowest BCUT2D eigenvalue weighted by molar-refractivity contribution is 0.418. The quantitative estimate of drug-likeness (QED) is 0.855. The van der Waals surface area contributed by atoms with Gasteiger partial charge in [0.1, 0.15) is 5.82 Å². The van der Waals surface area contributed by atoms with Crippen molar-refractivity contribution >= 4 is 5.69 Å². The molecule has 1 heterocycles. The van der Waals surface area contributed by atoms with Crippen molar-refractivity contribution in [2.45, 2.75) is 33.2 Å². The lowest BCUT2D eigenvalue weighted by Gasteiger charge is -2.25. The average Bonchev–Trinajstić information content (AvgIpc) is 2.58. The van der Waals surface area contributed by atoms with E-state index in [4.69, 9.17) is 5.73 Å². The Bertz CT molecular complexity index is 413. The predicted molar refractivity (Wildman–Crippen MR) is 69.6 cm³/mol. The Morgan fingerprint density at radius 2 is 2.12 bits per heavy atom. The standard InChI is InChI=1S/C14H21FN2/c1-10(16)12-8-11(15)4-5-13(12)17-7-6-14(2,3)9-17/h4-5,8,10H,6-7,9,16H2,1-3H3. The second-order valence-corrected chi connectivity index (χ2v) is 5.83. The van der Waals surface area contributed by atoms with E-state index in [0.29, 0.717) is 5.41 Å². The van der Waals surface area contributed by atoms with Crippen molar-refractivity contribution in [3.63, 3.8) is 0 Å². The van der Waals surface area contributed by atoms with Crippen molar-refractivity contribution < 1.29 is 4.39 Å². The number of hydrogen-bond donors (Lipinski definition) is 1. The van der Waals surface area contributed by atoms with Gasteiger partial charge in [-0.3, -0.25) is 0 Å². The number of benzene rings is 1. The highest BCUT2D eigenvalue weighted by molar-refractivity contribution is 5.56. The fraction of sp³-hybridized carbons (Fsp3) is 0.571. The minimum atomic E-state index is -0.209. The summed E-state index contributed by atoms with van der Waals surface area (Å²) in [6, 6.07) is 4.80. The Balaban J connectivity index is 2.33. The second-order valence-electron chi connectivity index (χ2n) is 5.83. The summed E-state index contributed by atoms with van der Waals surface area (Å²) < 4.78 is 13.3. The average molecular weight is 236 g/mol. The maximum atomic E-state index is 13.3. The van der Waals surface area contributed by atoms with Crippen molar-refractivity contribution in [2.24, 2.45) is 11.1 Å². The summed E-state index contributed by atoms with van der Waals surface area (Å²) in [6.07, 6.45) is 1.17. The van der Waals surface area contributed by atoms with Crippen LogP contribution in [0.4, 0.5) is 10.1 Å². The first-order valence-electron chi connectivity index (χ1n) is 6.19. The van der Waals surface area contributed by atoms with Gasteiger partial charge in [0.25, 0.3) is 0 Å². The molecule has 1 fully saturated rings. The van der Waals surface area contributed by atoms with Gasteiger partial charge in [-0.1, -0.05) is 13.8 Å². The molecule has 2 N–H and O–H groups in total. The number of hydrogen-bond acceptors (Lipinski definition) is 2. The summed E-state index contributed by atoms with van der Waals surface area (Å²) in [5.74, 6) is -0.209. The summed E-state index contributed by atoms with van der Waals surface area (Å²) in [6.45, 7) is 8.47. The van der Waals surface area contributed by atoms with Crippen LogP contribution in [0.5, 0.6) is 0 Å². The van der Waals surface area contributed by atoms with E-state index in [1.165, 1.54) is 12.5 Å². The van der Waals surface area contributed by atoms with Crippen LogP contribution in [0.2, 0.25) is 0 Å². The topological polar surface area (TPSA) is 29.3 Å². The molecule has 1 aromatic rings. The van der Waals surface area contributed by atoms with Crippen LogP contribution >= 0.6 is 0 Å². The van der Waals surface area contributed by atoms with E-state index in [2.05, 4.69) is 18.7 Å². The van der Waals surface area contributed by atoms with Gasteiger partial charge in [-0.2, -0.15) is 0 Å². The summed E-state index contributed by atoms with van der Waals surface area (Å²) in [5, 5.41) is 0.